The lowest BCUT2D eigenvalue weighted by atomic mass is 10.1. The predicted octanol–water partition coefficient (Wildman–Crippen LogP) is 2.40. The Morgan fingerprint density at radius 3 is 2.56 bits per heavy atom. The molecule has 0 atom stereocenters. The highest BCUT2D eigenvalue weighted by molar-refractivity contribution is 5.94. The van der Waals surface area contributed by atoms with Crippen molar-refractivity contribution in [3.8, 4) is 0 Å². The highest BCUT2D eigenvalue weighted by atomic mass is 16.2. The highest BCUT2D eigenvalue weighted by Crippen LogP contribution is 2.17. The van der Waals surface area contributed by atoms with E-state index in [1.807, 2.05) is 36.9 Å². The molecule has 1 amide bonds. The molecule has 100 valence electrons. The maximum Gasteiger partial charge on any atom is 0.253 e. The number of hydrogen-bond donors (Lipinski definition) is 2. The molecule has 0 saturated carbocycles. The molecule has 1 rings (SSSR count). The van der Waals surface area contributed by atoms with Crippen LogP contribution in [0.4, 0.5) is 5.69 Å². The van der Waals surface area contributed by atoms with E-state index in [0.29, 0.717) is 11.5 Å². The van der Waals surface area contributed by atoms with Crippen molar-refractivity contribution in [2.75, 3.05) is 18.5 Å². The third-order valence-electron chi connectivity index (χ3n) is 2.88. The Balaban J connectivity index is 2.91. The lowest BCUT2D eigenvalue weighted by molar-refractivity contribution is 0.0745. The first-order chi connectivity index (χ1) is 8.49. The fourth-order valence-electron chi connectivity index (χ4n) is 1.94. The van der Waals surface area contributed by atoms with E-state index in [9.17, 15) is 4.79 Å². The summed E-state index contributed by atoms with van der Waals surface area (Å²) in [5, 5.41) is 0. The van der Waals surface area contributed by atoms with E-state index in [1.54, 1.807) is 0 Å². The van der Waals surface area contributed by atoms with Crippen LogP contribution in [0, 0.1) is 12.8 Å². The first kappa shape index (κ1) is 14.5. The van der Waals surface area contributed by atoms with Gasteiger partial charge in [-0.1, -0.05) is 13.8 Å². The van der Waals surface area contributed by atoms with Gasteiger partial charge in [-0.3, -0.25) is 10.6 Å². The van der Waals surface area contributed by atoms with Crippen molar-refractivity contribution >= 4 is 11.6 Å². The van der Waals surface area contributed by atoms with Crippen LogP contribution in [0.1, 0.15) is 36.7 Å². The quantitative estimate of drug-likeness (QED) is 0.622. The number of carbonyl (C=O) groups excluding carboxylic acids is 1. The highest BCUT2D eigenvalue weighted by Gasteiger charge is 2.15. The van der Waals surface area contributed by atoms with Crippen molar-refractivity contribution in [3.05, 3.63) is 29.3 Å². The van der Waals surface area contributed by atoms with Crippen LogP contribution in [-0.4, -0.2) is 23.9 Å². The third-order valence-corrected chi connectivity index (χ3v) is 2.88. The van der Waals surface area contributed by atoms with E-state index in [-0.39, 0.29) is 5.91 Å². The summed E-state index contributed by atoms with van der Waals surface area (Å²) in [5.41, 5.74) is 5.15. The zero-order valence-electron chi connectivity index (χ0n) is 11.7. The van der Waals surface area contributed by atoms with Crippen LogP contribution >= 0.6 is 0 Å². The molecule has 1 aromatic carbocycles. The second-order valence-electron chi connectivity index (χ2n) is 4.91. The van der Waals surface area contributed by atoms with Gasteiger partial charge in [-0.15, -0.1) is 0 Å². The predicted molar refractivity (Wildman–Crippen MR) is 75.4 cm³/mol. The van der Waals surface area contributed by atoms with Gasteiger partial charge in [0.05, 0.1) is 5.69 Å². The molecule has 0 radical (unpaired) electrons. The molecule has 0 spiro atoms. The summed E-state index contributed by atoms with van der Waals surface area (Å²) < 4.78 is 0. The van der Waals surface area contributed by atoms with Crippen molar-refractivity contribution in [1.82, 2.24) is 4.90 Å². The number of hydrazine groups is 1. The summed E-state index contributed by atoms with van der Waals surface area (Å²) in [5.74, 6) is 5.94. The van der Waals surface area contributed by atoms with E-state index in [4.69, 9.17) is 5.84 Å². The van der Waals surface area contributed by atoms with Crippen LogP contribution in [0.15, 0.2) is 18.2 Å². The van der Waals surface area contributed by atoms with Gasteiger partial charge in [-0.25, -0.2) is 0 Å². The smallest absolute Gasteiger partial charge is 0.253 e. The number of rotatable bonds is 5. The minimum absolute atomic E-state index is 0.0814. The number of benzene rings is 1. The standard InChI is InChI=1S/C14H23N3O/c1-5-17(9-10(2)3)14(18)12-6-7-13(16-15)11(4)8-12/h6-8,10,16H,5,9,15H2,1-4H3. The van der Waals surface area contributed by atoms with Gasteiger partial charge >= 0.3 is 0 Å². The third kappa shape index (κ3) is 3.47. The van der Waals surface area contributed by atoms with Gasteiger partial charge in [-0.05, 0) is 43.5 Å². The molecule has 0 bridgehead atoms. The van der Waals surface area contributed by atoms with Gasteiger partial charge in [0.1, 0.15) is 0 Å². The Morgan fingerprint density at radius 1 is 1.44 bits per heavy atom. The van der Waals surface area contributed by atoms with E-state index in [2.05, 4.69) is 19.3 Å². The summed E-state index contributed by atoms with van der Waals surface area (Å²) in [7, 11) is 0. The fourth-order valence-corrected chi connectivity index (χ4v) is 1.94. The summed E-state index contributed by atoms with van der Waals surface area (Å²) in [4.78, 5) is 14.2. The Bertz CT molecular complexity index is 416. The number of nitrogens with zero attached hydrogens (tertiary/aromatic N) is 1. The van der Waals surface area contributed by atoms with Crippen LogP contribution in [0.2, 0.25) is 0 Å². The number of aryl methyl sites for hydroxylation is 1. The minimum atomic E-state index is 0.0814. The molecule has 0 aliphatic heterocycles. The molecule has 1 aromatic rings. The van der Waals surface area contributed by atoms with Gasteiger partial charge < -0.3 is 10.3 Å². The fraction of sp³-hybridized carbons (Fsp3) is 0.500. The van der Waals surface area contributed by atoms with E-state index in [1.165, 1.54) is 0 Å². The van der Waals surface area contributed by atoms with E-state index < -0.39 is 0 Å². The maximum atomic E-state index is 12.3. The Labute approximate surface area is 109 Å². The Morgan fingerprint density at radius 2 is 2.11 bits per heavy atom. The lowest BCUT2D eigenvalue weighted by Gasteiger charge is -2.23. The summed E-state index contributed by atoms with van der Waals surface area (Å²) in [6.07, 6.45) is 0. The Hall–Kier alpha value is -1.55. The summed E-state index contributed by atoms with van der Waals surface area (Å²) in [6, 6.07) is 5.53. The van der Waals surface area contributed by atoms with Crippen LogP contribution in [0.25, 0.3) is 0 Å². The topological polar surface area (TPSA) is 58.4 Å². The van der Waals surface area contributed by atoms with Crippen molar-refractivity contribution in [3.63, 3.8) is 0 Å². The molecular formula is C14H23N3O. The van der Waals surface area contributed by atoms with Crippen LogP contribution in [0.5, 0.6) is 0 Å². The van der Waals surface area contributed by atoms with Gasteiger partial charge in [0, 0.05) is 18.7 Å². The maximum absolute atomic E-state index is 12.3. The molecular weight excluding hydrogens is 226 g/mol. The molecule has 0 saturated heterocycles. The number of hydrogen-bond acceptors (Lipinski definition) is 3. The molecule has 0 fully saturated rings. The summed E-state index contributed by atoms with van der Waals surface area (Å²) >= 11 is 0. The largest absolute Gasteiger partial charge is 0.339 e. The van der Waals surface area contributed by atoms with Gasteiger partial charge in [0.2, 0.25) is 0 Å². The molecule has 18 heavy (non-hydrogen) atoms. The number of anilines is 1. The number of carbonyl (C=O) groups is 1. The van der Waals surface area contributed by atoms with Crippen molar-refractivity contribution in [1.29, 1.82) is 0 Å². The van der Waals surface area contributed by atoms with E-state index in [0.717, 1.165) is 24.3 Å². The van der Waals surface area contributed by atoms with E-state index >= 15 is 0 Å². The van der Waals surface area contributed by atoms with Crippen LogP contribution in [-0.2, 0) is 0 Å². The SMILES string of the molecule is CCN(CC(C)C)C(=O)c1ccc(NN)c(C)c1. The average Bonchev–Trinajstić information content (AvgIpc) is 2.34. The van der Waals surface area contributed by atoms with Crippen molar-refractivity contribution in [2.24, 2.45) is 11.8 Å². The zero-order valence-corrected chi connectivity index (χ0v) is 11.7. The first-order valence-corrected chi connectivity index (χ1v) is 6.36. The van der Waals surface area contributed by atoms with Crippen LogP contribution < -0.4 is 11.3 Å². The molecule has 0 aliphatic carbocycles. The number of nitrogens with two attached hydrogens (primary N) is 1. The zero-order chi connectivity index (χ0) is 13.7. The lowest BCUT2D eigenvalue weighted by Crippen LogP contribution is -2.34. The molecule has 3 N–H and O–H groups in total. The van der Waals surface area contributed by atoms with Crippen LogP contribution in [0.3, 0.4) is 0 Å². The molecule has 0 unspecified atom stereocenters. The van der Waals surface area contributed by atoms with Gasteiger partial charge in [-0.2, -0.15) is 0 Å². The molecule has 4 heteroatoms. The first-order valence-electron chi connectivity index (χ1n) is 6.36. The average molecular weight is 249 g/mol. The number of nitrogens with one attached hydrogen (secondary N) is 1. The minimum Gasteiger partial charge on any atom is -0.339 e. The second-order valence-corrected chi connectivity index (χ2v) is 4.91. The van der Waals surface area contributed by atoms with Crippen molar-refractivity contribution < 1.29 is 4.79 Å². The normalized spacial score (nSPS) is 10.6. The second kappa shape index (κ2) is 6.40. The molecule has 0 aromatic heterocycles. The number of nitrogen functional groups attached to an aromatic ring is 1. The van der Waals surface area contributed by atoms with Crippen molar-refractivity contribution in [2.45, 2.75) is 27.7 Å². The van der Waals surface area contributed by atoms with Gasteiger partial charge in [0.25, 0.3) is 5.91 Å². The summed E-state index contributed by atoms with van der Waals surface area (Å²) in [6.45, 7) is 9.68. The monoisotopic (exact) mass is 249 g/mol. The number of amides is 1. The molecule has 0 aliphatic rings. The molecule has 0 heterocycles. The van der Waals surface area contributed by atoms with Gasteiger partial charge in [0.15, 0.2) is 0 Å². The Kier molecular flexibility index (Phi) is 5.16. The molecule has 4 nitrogen and oxygen atoms in total.